The fraction of sp³-hybridized carbons (Fsp3) is 0.333. The summed E-state index contributed by atoms with van der Waals surface area (Å²) in [7, 11) is 0. The molecule has 0 amide bonds. The summed E-state index contributed by atoms with van der Waals surface area (Å²) in [6, 6.07) is 17.5. The van der Waals surface area contributed by atoms with Crippen molar-refractivity contribution in [3.05, 3.63) is 59.7 Å². The van der Waals surface area contributed by atoms with E-state index in [2.05, 4.69) is 65.7 Å². The van der Waals surface area contributed by atoms with Gasteiger partial charge in [-0.2, -0.15) is 0 Å². The molecule has 0 saturated heterocycles. The first-order valence-electron chi connectivity index (χ1n) is 7.54. The SMILES string of the molecule is CCCNCc1ccccc1N1CCc2ccccc21. The van der Waals surface area contributed by atoms with E-state index in [1.54, 1.807) is 0 Å². The minimum Gasteiger partial charge on any atom is -0.341 e. The third-order valence-electron chi connectivity index (χ3n) is 3.91. The number of fused-ring (bicyclic) bond motifs is 1. The van der Waals surface area contributed by atoms with Crippen LogP contribution < -0.4 is 10.2 Å². The predicted molar refractivity (Wildman–Crippen MR) is 85.6 cm³/mol. The Morgan fingerprint density at radius 1 is 1.00 bits per heavy atom. The molecule has 3 rings (SSSR count). The minimum absolute atomic E-state index is 0.947. The summed E-state index contributed by atoms with van der Waals surface area (Å²) < 4.78 is 0. The maximum Gasteiger partial charge on any atom is 0.0456 e. The van der Waals surface area contributed by atoms with E-state index in [9.17, 15) is 0 Å². The van der Waals surface area contributed by atoms with E-state index in [0.29, 0.717) is 0 Å². The van der Waals surface area contributed by atoms with Gasteiger partial charge in [-0.1, -0.05) is 43.3 Å². The zero-order chi connectivity index (χ0) is 13.8. The topological polar surface area (TPSA) is 15.3 Å². The first kappa shape index (κ1) is 13.2. The molecular formula is C18H22N2. The number of para-hydroxylation sites is 2. The van der Waals surface area contributed by atoms with E-state index < -0.39 is 0 Å². The fourth-order valence-electron chi connectivity index (χ4n) is 2.91. The summed E-state index contributed by atoms with van der Waals surface area (Å²) in [5.41, 5.74) is 5.57. The summed E-state index contributed by atoms with van der Waals surface area (Å²) in [6.45, 7) is 5.31. The van der Waals surface area contributed by atoms with Crippen LogP contribution in [0.3, 0.4) is 0 Å². The third kappa shape index (κ3) is 2.56. The highest BCUT2D eigenvalue weighted by Gasteiger charge is 2.21. The summed E-state index contributed by atoms with van der Waals surface area (Å²) in [5.74, 6) is 0. The van der Waals surface area contributed by atoms with E-state index in [1.165, 1.54) is 28.9 Å². The van der Waals surface area contributed by atoms with Crippen molar-refractivity contribution < 1.29 is 0 Å². The van der Waals surface area contributed by atoms with Crippen molar-refractivity contribution in [2.45, 2.75) is 26.3 Å². The average Bonchev–Trinajstić information content (AvgIpc) is 2.92. The molecule has 1 aliphatic rings. The van der Waals surface area contributed by atoms with Crippen molar-refractivity contribution in [3.8, 4) is 0 Å². The molecule has 2 aromatic rings. The van der Waals surface area contributed by atoms with Crippen molar-refractivity contribution >= 4 is 11.4 Å². The van der Waals surface area contributed by atoms with Gasteiger partial charge in [0.25, 0.3) is 0 Å². The molecule has 2 heteroatoms. The van der Waals surface area contributed by atoms with Crippen LogP contribution in [0.15, 0.2) is 48.5 Å². The molecule has 1 N–H and O–H groups in total. The third-order valence-corrected chi connectivity index (χ3v) is 3.91. The fourth-order valence-corrected chi connectivity index (χ4v) is 2.91. The molecule has 104 valence electrons. The van der Waals surface area contributed by atoms with Crippen molar-refractivity contribution in [1.82, 2.24) is 5.32 Å². The number of anilines is 2. The molecule has 0 atom stereocenters. The van der Waals surface area contributed by atoms with Crippen LogP contribution in [0.25, 0.3) is 0 Å². The van der Waals surface area contributed by atoms with Gasteiger partial charge in [0.05, 0.1) is 0 Å². The standard InChI is InChI=1S/C18H22N2/c1-2-12-19-14-16-8-4-6-10-18(16)20-13-11-15-7-3-5-9-17(15)20/h3-10,19H,2,11-14H2,1H3. The number of nitrogens with zero attached hydrogens (tertiary/aromatic N) is 1. The number of benzene rings is 2. The van der Waals surface area contributed by atoms with Gasteiger partial charge in [-0.05, 0) is 42.6 Å². The highest BCUT2D eigenvalue weighted by molar-refractivity contribution is 5.71. The molecule has 0 radical (unpaired) electrons. The second-order valence-corrected chi connectivity index (χ2v) is 5.34. The highest BCUT2D eigenvalue weighted by atomic mass is 15.2. The van der Waals surface area contributed by atoms with Crippen LogP contribution in [0.5, 0.6) is 0 Å². The van der Waals surface area contributed by atoms with E-state index in [1.807, 2.05) is 0 Å². The van der Waals surface area contributed by atoms with Crippen molar-refractivity contribution in [3.63, 3.8) is 0 Å². The molecule has 0 spiro atoms. The summed E-state index contributed by atoms with van der Waals surface area (Å²) in [5, 5.41) is 3.51. The van der Waals surface area contributed by atoms with E-state index in [4.69, 9.17) is 0 Å². The number of rotatable bonds is 5. The van der Waals surface area contributed by atoms with Gasteiger partial charge < -0.3 is 10.2 Å². The smallest absolute Gasteiger partial charge is 0.0456 e. The van der Waals surface area contributed by atoms with Crippen LogP contribution in [-0.2, 0) is 13.0 Å². The van der Waals surface area contributed by atoms with Gasteiger partial charge in [0.1, 0.15) is 0 Å². The van der Waals surface area contributed by atoms with Gasteiger partial charge in [0, 0.05) is 24.5 Å². The first-order valence-corrected chi connectivity index (χ1v) is 7.54. The van der Waals surface area contributed by atoms with Gasteiger partial charge >= 0.3 is 0 Å². The largest absolute Gasteiger partial charge is 0.341 e. The zero-order valence-corrected chi connectivity index (χ0v) is 12.1. The molecule has 0 saturated carbocycles. The molecule has 0 fully saturated rings. The summed E-state index contributed by atoms with van der Waals surface area (Å²) >= 11 is 0. The van der Waals surface area contributed by atoms with Gasteiger partial charge in [0.15, 0.2) is 0 Å². The Hall–Kier alpha value is -1.80. The van der Waals surface area contributed by atoms with Crippen LogP contribution >= 0.6 is 0 Å². The Balaban J connectivity index is 1.87. The maximum absolute atomic E-state index is 3.51. The second-order valence-electron chi connectivity index (χ2n) is 5.34. The van der Waals surface area contributed by atoms with Crippen molar-refractivity contribution in [2.75, 3.05) is 18.0 Å². The van der Waals surface area contributed by atoms with E-state index in [-0.39, 0.29) is 0 Å². The van der Waals surface area contributed by atoms with Crippen LogP contribution in [0, 0.1) is 0 Å². The lowest BCUT2D eigenvalue weighted by atomic mass is 10.1. The minimum atomic E-state index is 0.947. The zero-order valence-electron chi connectivity index (χ0n) is 12.1. The molecule has 0 bridgehead atoms. The number of hydrogen-bond donors (Lipinski definition) is 1. The van der Waals surface area contributed by atoms with Crippen LogP contribution in [0.1, 0.15) is 24.5 Å². The van der Waals surface area contributed by atoms with Gasteiger partial charge in [0.2, 0.25) is 0 Å². The Morgan fingerprint density at radius 3 is 2.60 bits per heavy atom. The van der Waals surface area contributed by atoms with Gasteiger partial charge in [-0.3, -0.25) is 0 Å². The molecule has 0 unspecified atom stereocenters. The van der Waals surface area contributed by atoms with Crippen molar-refractivity contribution in [2.24, 2.45) is 0 Å². The molecule has 20 heavy (non-hydrogen) atoms. The molecular weight excluding hydrogens is 244 g/mol. The number of nitrogens with one attached hydrogen (secondary N) is 1. The predicted octanol–water partition coefficient (Wildman–Crippen LogP) is 3.88. The second kappa shape index (κ2) is 6.10. The molecule has 2 aromatic carbocycles. The van der Waals surface area contributed by atoms with Gasteiger partial charge in [-0.25, -0.2) is 0 Å². The molecule has 1 heterocycles. The van der Waals surface area contributed by atoms with E-state index >= 15 is 0 Å². The Labute approximate surface area is 121 Å². The van der Waals surface area contributed by atoms with Crippen LogP contribution in [0.2, 0.25) is 0 Å². The van der Waals surface area contributed by atoms with Crippen molar-refractivity contribution in [1.29, 1.82) is 0 Å². The summed E-state index contributed by atoms with van der Waals surface area (Å²) in [6.07, 6.45) is 2.32. The Kier molecular flexibility index (Phi) is 4.03. The molecule has 0 aliphatic carbocycles. The lowest BCUT2D eigenvalue weighted by molar-refractivity contribution is 0.675. The Morgan fingerprint density at radius 2 is 1.75 bits per heavy atom. The average molecular weight is 266 g/mol. The molecule has 1 aliphatic heterocycles. The lowest BCUT2D eigenvalue weighted by Crippen LogP contribution is -2.19. The monoisotopic (exact) mass is 266 g/mol. The van der Waals surface area contributed by atoms with Gasteiger partial charge in [-0.15, -0.1) is 0 Å². The number of hydrogen-bond acceptors (Lipinski definition) is 2. The first-order chi connectivity index (χ1) is 9.90. The van der Waals surface area contributed by atoms with E-state index in [0.717, 1.165) is 26.1 Å². The quantitative estimate of drug-likeness (QED) is 0.826. The molecule has 2 nitrogen and oxygen atoms in total. The van der Waals surface area contributed by atoms with Crippen LogP contribution in [0.4, 0.5) is 11.4 Å². The normalized spacial score (nSPS) is 13.6. The highest BCUT2D eigenvalue weighted by Crippen LogP contribution is 2.35. The maximum atomic E-state index is 3.51. The summed E-state index contributed by atoms with van der Waals surface area (Å²) in [4.78, 5) is 2.46. The lowest BCUT2D eigenvalue weighted by Gasteiger charge is -2.23. The Bertz CT molecular complexity index is 577. The van der Waals surface area contributed by atoms with Crippen LogP contribution in [-0.4, -0.2) is 13.1 Å². The molecule has 0 aromatic heterocycles.